The minimum absolute atomic E-state index is 0.199. The normalized spacial score (nSPS) is 19.2. The smallest absolute Gasteiger partial charge is 0.0743 e. The highest BCUT2D eigenvalue weighted by Crippen LogP contribution is 2.20. The van der Waals surface area contributed by atoms with Gasteiger partial charge in [0.25, 0.3) is 0 Å². The van der Waals surface area contributed by atoms with Crippen LogP contribution in [0.1, 0.15) is 23.7 Å². The van der Waals surface area contributed by atoms with Crippen LogP contribution in [0.3, 0.4) is 0 Å². The number of aryl methyl sites for hydroxylation is 1. The highest BCUT2D eigenvalue weighted by molar-refractivity contribution is 6.31. The fourth-order valence-electron chi connectivity index (χ4n) is 3.16. The van der Waals surface area contributed by atoms with E-state index < -0.39 is 0 Å². The highest BCUT2D eigenvalue weighted by Gasteiger charge is 2.22. The van der Waals surface area contributed by atoms with Gasteiger partial charge in [-0.3, -0.25) is 9.58 Å². The second-order valence-electron chi connectivity index (χ2n) is 6.09. The molecular formula is C18H24ClN3O. The van der Waals surface area contributed by atoms with Crippen molar-refractivity contribution in [3.63, 3.8) is 0 Å². The van der Waals surface area contributed by atoms with Gasteiger partial charge < -0.3 is 4.74 Å². The molecule has 0 radical (unpaired) electrons. The number of morpholine rings is 1. The van der Waals surface area contributed by atoms with E-state index in [4.69, 9.17) is 16.3 Å². The number of nitrogens with zero attached hydrogens (tertiary/aromatic N) is 3. The fourth-order valence-corrected chi connectivity index (χ4v) is 3.37. The second-order valence-corrected chi connectivity index (χ2v) is 6.50. The topological polar surface area (TPSA) is 30.3 Å². The SMILES string of the molecule is CCn1ncc(CN2CCOC(Cc3ccccc3Cl)C2)c1C. The van der Waals surface area contributed by atoms with Crippen molar-refractivity contribution in [3.8, 4) is 0 Å². The van der Waals surface area contributed by atoms with Gasteiger partial charge in [0.05, 0.1) is 18.9 Å². The van der Waals surface area contributed by atoms with E-state index in [1.54, 1.807) is 0 Å². The molecular weight excluding hydrogens is 310 g/mol. The molecule has 23 heavy (non-hydrogen) atoms. The molecule has 4 nitrogen and oxygen atoms in total. The van der Waals surface area contributed by atoms with E-state index in [0.29, 0.717) is 0 Å². The molecule has 3 rings (SSSR count). The van der Waals surface area contributed by atoms with Crippen molar-refractivity contribution >= 4 is 11.6 Å². The quantitative estimate of drug-likeness (QED) is 0.841. The Balaban J connectivity index is 1.62. The highest BCUT2D eigenvalue weighted by atomic mass is 35.5. The van der Waals surface area contributed by atoms with Gasteiger partial charge in [-0.05, 0) is 25.5 Å². The Bertz CT molecular complexity index is 655. The van der Waals surface area contributed by atoms with Crippen molar-refractivity contribution < 1.29 is 4.74 Å². The molecule has 1 aromatic heterocycles. The van der Waals surface area contributed by atoms with Crippen LogP contribution in [-0.4, -0.2) is 40.5 Å². The van der Waals surface area contributed by atoms with E-state index in [1.165, 1.54) is 11.3 Å². The van der Waals surface area contributed by atoms with E-state index in [0.717, 1.165) is 49.8 Å². The van der Waals surface area contributed by atoms with Crippen molar-refractivity contribution in [3.05, 3.63) is 52.3 Å². The molecule has 0 N–H and O–H groups in total. The first kappa shape index (κ1) is 16.5. The van der Waals surface area contributed by atoms with Crippen LogP contribution in [0.5, 0.6) is 0 Å². The Labute approximate surface area is 143 Å². The first-order chi connectivity index (χ1) is 11.2. The van der Waals surface area contributed by atoms with Crippen LogP contribution in [0, 0.1) is 6.92 Å². The molecule has 0 spiro atoms. The summed E-state index contributed by atoms with van der Waals surface area (Å²) >= 11 is 6.27. The van der Waals surface area contributed by atoms with E-state index in [2.05, 4.69) is 34.6 Å². The lowest BCUT2D eigenvalue weighted by atomic mass is 10.1. The molecule has 1 aliphatic heterocycles. The number of hydrogen-bond donors (Lipinski definition) is 0. The van der Waals surface area contributed by atoms with Gasteiger partial charge in [-0.2, -0.15) is 5.10 Å². The maximum Gasteiger partial charge on any atom is 0.0743 e. The average molecular weight is 334 g/mol. The molecule has 2 aromatic rings. The molecule has 5 heteroatoms. The van der Waals surface area contributed by atoms with Gasteiger partial charge in [-0.1, -0.05) is 29.8 Å². The van der Waals surface area contributed by atoms with Crippen LogP contribution < -0.4 is 0 Å². The summed E-state index contributed by atoms with van der Waals surface area (Å²) in [6, 6.07) is 8.03. The molecule has 2 heterocycles. The summed E-state index contributed by atoms with van der Waals surface area (Å²) in [4.78, 5) is 2.45. The summed E-state index contributed by atoms with van der Waals surface area (Å²) in [5.74, 6) is 0. The summed E-state index contributed by atoms with van der Waals surface area (Å²) in [7, 11) is 0. The lowest BCUT2D eigenvalue weighted by Crippen LogP contribution is -2.42. The number of hydrogen-bond acceptors (Lipinski definition) is 3. The molecule has 1 saturated heterocycles. The molecule has 1 atom stereocenters. The van der Waals surface area contributed by atoms with E-state index in [1.807, 2.05) is 24.4 Å². The monoisotopic (exact) mass is 333 g/mol. The molecule has 1 aliphatic rings. The maximum atomic E-state index is 6.27. The van der Waals surface area contributed by atoms with Crippen LogP contribution >= 0.6 is 11.6 Å². The number of halogens is 1. The van der Waals surface area contributed by atoms with E-state index in [-0.39, 0.29) is 6.10 Å². The summed E-state index contributed by atoms with van der Waals surface area (Å²) in [5, 5.41) is 5.27. The fraction of sp³-hybridized carbons (Fsp3) is 0.500. The number of rotatable bonds is 5. The third kappa shape index (κ3) is 3.94. The Morgan fingerprint density at radius 2 is 2.13 bits per heavy atom. The third-order valence-electron chi connectivity index (χ3n) is 4.53. The lowest BCUT2D eigenvalue weighted by molar-refractivity contribution is -0.0305. The van der Waals surface area contributed by atoms with Gasteiger partial charge >= 0.3 is 0 Å². The summed E-state index contributed by atoms with van der Waals surface area (Å²) in [6.45, 7) is 8.80. The number of ether oxygens (including phenoxy) is 1. The first-order valence-corrected chi connectivity index (χ1v) is 8.63. The van der Waals surface area contributed by atoms with E-state index in [9.17, 15) is 0 Å². The molecule has 1 aromatic carbocycles. The standard InChI is InChI=1S/C18H24ClN3O/c1-3-22-14(2)16(11-20-22)12-21-8-9-23-17(13-21)10-15-6-4-5-7-18(15)19/h4-7,11,17H,3,8-10,12-13H2,1-2H3. The van der Waals surface area contributed by atoms with Crippen LogP contribution in [0.2, 0.25) is 5.02 Å². The molecule has 1 fully saturated rings. The minimum Gasteiger partial charge on any atom is -0.375 e. The lowest BCUT2D eigenvalue weighted by Gasteiger charge is -2.33. The second kappa shape index (κ2) is 7.47. The van der Waals surface area contributed by atoms with Crippen LogP contribution in [-0.2, 0) is 24.2 Å². The largest absolute Gasteiger partial charge is 0.375 e. The summed E-state index contributed by atoms with van der Waals surface area (Å²) in [5.41, 5.74) is 3.74. The number of benzene rings is 1. The van der Waals surface area contributed by atoms with Crippen molar-refractivity contribution in [1.29, 1.82) is 0 Å². The van der Waals surface area contributed by atoms with Crippen LogP contribution in [0.25, 0.3) is 0 Å². The first-order valence-electron chi connectivity index (χ1n) is 8.26. The molecule has 1 unspecified atom stereocenters. The van der Waals surface area contributed by atoms with Crippen molar-refractivity contribution in [2.45, 2.75) is 39.5 Å². The zero-order valence-corrected chi connectivity index (χ0v) is 14.6. The Morgan fingerprint density at radius 1 is 1.30 bits per heavy atom. The van der Waals surface area contributed by atoms with Gasteiger partial charge in [0.1, 0.15) is 0 Å². The van der Waals surface area contributed by atoms with Crippen molar-refractivity contribution in [1.82, 2.24) is 14.7 Å². The van der Waals surface area contributed by atoms with Gasteiger partial charge in [0, 0.05) is 48.9 Å². The van der Waals surface area contributed by atoms with E-state index >= 15 is 0 Å². The molecule has 0 amide bonds. The van der Waals surface area contributed by atoms with Gasteiger partial charge in [0.15, 0.2) is 0 Å². The summed E-state index contributed by atoms with van der Waals surface area (Å²) in [6.07, 6.45) is 3.06. The van der Waals surface area contributed by atoms with Crippen LogP contribution in [0.4, 0.5) is 0 Å². The third-order valence-corrected chi connectivity index (χ3v) is 4.90. The molecule has 0 aliphatic carbocycles. The summed E-state index contributed by atoms with van der Waals surface area (Å²) < 4.78 is 7.99. The zero-order valence-electron chi connectivity index (χ0n) is 13.8. The van der Waals surface area contributed by atoms with Gasteiger partial charge in [-0.25, -0.2) is 0 Å². The van der Waals surface area contributed by atoms with Gasteiger partial charge in [0.2, 0.25) is 0 Å². The Morgan fingerprint density at radius 3 is 2.87 bits per heavy atom. The van der Waals surface area contributed by atoms with Gasteiger partial charge in [-0.15, -0.1) is 0 Å². The predicted octanol–water partition coefficient (Wildman–Crippen LogP) is 3.31. The predicted molar refractivity (Wildman–Crippen MR) is 92.8 cm³/mol. The van der Waals surface area contributed by atoms with Crippen molar-refractivity contribution in [2.75, 3.05) is 19.7 Å². The molecule has 0 bridgehead atoms. The average Bonchev–Trinajstić information content (AvgIpc) is 2.90. The number of aromatic nitrogens is 2. The minimum atomic E-state index is 0.199. The maximum absolute atomic E-state index is 6.27. The van der Waals surface area contributed by atoms with Crippen molar-refractivity contribution in [2.24, 2.45) is 0 Å². The Hall–Kier alpha value is -1.36. The van der Waals surface area contributed by atoms with Crippen LogP contribution in [0.15, 0.2) is 30.5 Å². The molecule has 0 saturated carbocycles. The zero-order chi connectivity index (χ0) is 16.2. The molecule has 124 valence electrons. The Kier molecular flexibility index (Phi) is 5.36.